The van der Waals surface area contributed by atoms with Crippen molar-refractivity contribution in [2.75, 3.05) is 6.61 Å². The van der Waals surface area contributed by atoms with Crippen molar-refractivity contribution in [1.82, 2.24) is 0 Å². The highest BCUT2D eigenvalue weighted by atomic mass is 16.5. The minimum Gasteiger partial charge on any atom is -0.481 e. The van der Waals surface area contributed by atoms with Gasteiger partial charge in [0, 0.05) is 13.0 Å². The molecule has 0 aliphatic heterocycles. The predicted octanol–water partition coefficient (Wildman–Crippen LogP) is 7.94. The summed E-state index contributed by atoms with van der Waals surface area (Å²) in [5.74, 6) is -0.941. The zero-order valence-corrected chi connectivity index (χ0v) is 22.2. The van der Waals surface area contributed by atoms with Crippen molar-refractivity contribution in [2.24, 2.45) is 5.92 Å². The minimum atomic E-state index is -0.774. The zero-order chi connectivity index (χ0) is 26.3. The lowest BCUT2D eigenvalue weighted by atomic mass is 9.82. The van der Waals surface area contributed by atoms with Gasteiger partial charge in [-0.15, -0.1) is 0 Å². The Balaban J connectivity index is 1.49. The van der Waals surface area contributed by atoms with Crippen LogP contribution in [0.3, 0.4) is 0 Å². The largest absolute Gasteiger partial charge is 0.481 e. The third kappa shape index (κ3) is 10.3. The van der Waals surface area contributed by atoms with Gasteiger partial charge in [-0.1, -0.05) is 99.5 Å². The molecule has 0 saturated heterocycles. The average molecular weight is 509 g/mol. The van der Waals surface area contributed by atoms with Crippen LogP contribution < -0.4 is 0 Å². The van der Waals surface area contributed by atoms with E-state index in [0.29, 0.717) is 37.9 Å². The summed E-state index contributed by atoms with van der Waals surface area (Å²) >= 11 is 0. The fourth-order valence-corrected chi connectivity index (χ4v) is 5.78. The first-order valence-electron chi connectivity index (χ1n) is 14.2. The molecule has 5 heteroatoms. The predicted molar refractivity (Wildman–Crippen MR) is 147 cm³/mol. The Morgan fingerprint density at radius 3 is 2.24 bits per heavy atom. The lowest BCUT2D eigenvalue weighted by molar-refractivity contribution is -0.139. The quantitative estimate of drug-likeness (QED) is 0.212. The molecule has 0 spiro atoms. The van der Waals surface area contributed by atoms with Crippen LogP contribution >= 0.6 is 0 Å². The van der Waals surface area contributed by atoms with E-state index < -0.39 is 17.9 Å². The molecule has 0 radical (unpaired) electrons. The van der Waals surface area contributed by atoms with E-state index in [4.69, 9.17) is 9.84 Å². The first-order chi connectivity index (χ1) is 18.0. The molecule has 1 saturated carbocycles. The molecule has 0 bridgehead atoms. The van der Waals surface area contributed by atoms with Crippen LogP contribution in [0.5, 0.6) is 0 Å². The van der Waals surface area contributed by atoms with Gasteiger partial charge in [0.05, 0.1) is 12.5 Å². The summed E-state index contributed by atoms with van der Waals surface area (Å²) in [6.45, 7) is 1.30. The van der Waals surface area contributed by atoms with Gasteiger partial charge in [0.15, 0.2) is 0 Å². The Morgan fingerprint density at radius 2 is 1.51 bits per heavy atom. The van der Waals surface area contributed by atoms with Gasteiger partial charge in [-0.3, -0.25) is 9.59 Å². The SMILES string of the molecule is O=C(O)CCCCC(CCCC(C(=O)O)c1ccccc1)CCOCc1ccccc1C1CCCCC1. The summed E-state index contributed by atoms with van der Waals surface area (Å²) in [6, 6.07) is 18.2. The van der Waals surface area contributed by atoms with Crippen LogP contribution in [0.1, 0.15) is 112 Å². The first-order valence-corrected chi connectivity index (χ1v) is 14.2. The van der Waals surface area contributed by atoms with Gasteiger partial charge in [-0.2, -0.15) is 0 Å². The Bertz CT molecular complexity index is 935. The third-order valence-corrected chi connectivity index (χ3v) is 7.89. The summed E-state index contributed by atoms with van der Waals surface area (Å²) < 4.78 is 6.17. The molecule has 0 aromatic heterocycles. The monoisotopic (exact) mass is 508 g/mol. The van der Waals surface area contributed by atoms with Crippen molar-refractivity contribution in [3.8, 4) is 0 Å². The molecule has 5 nitrogen and oxygen atoms in total. The van der Waals surface area contributed by atoms with Crippen LogP contribution in [0.15, 0.2) is 54.6 Å². The van der Waals surface area contributed by atoms with Crippen LogP contribution in [0.2, 0.25) is 0 Å². The highest BCUT2D eigenvalue weighted by molar-refractivity contribution is 5.75. The number of hydrogen-bond acceptors (Lipinski definition) is 3. The summed E-state index contributed by atoms with van der Waals surface area (Å²) in [4.78, 5) is 22.8. The third-order valence-electron chi connectivity index (χ3n) is 7.89. The topological polar surface area (TPSA) is 83.8 Å². The molecule has 1 aliphatic rings. The van der Waals surface area contributed by atoms with E-state index in [1.165, 1.54) is 43.2 Å². The van der Waals surface area contributed by atoms with Crippen LogP contribution in [0.4, 0.5) is 0 Å². The van der Waals surface area contributed by atoms with Crippen molar-refractivity contribution in [2.45, 2.75) is 102 Å². The second-order valence-electron chi connectivity index (χ2n) is 10.6. The molecule has 0 amide bonds. The highest BCUT2D eigenvalue weighted by Gasteiger charge is 2.21. The smallest absolute Gasteiger partial charge is 0.310 e. The minimum absolute atomic E-state index is 0.205. The molecule has 2 unspecified atom stereocenters. The van der Waals surface area contributed by atoms with Crippen LogP contribution in [-0.4, -0.2) is 28.8 Å². The average Bonchev–Trinajstić information content (AvgIpc) is 2.91. The zero-order valence-electron chi connectivity index (χ0n) is 22.2. The number of unbranched alkanes of at least 4 members (excludes halogenated alkanes) is 1. The Hall–Kier alpha value is -2.66. The number of carboxylic acid groups (broad SMARTS) is 2. The molecular formula is C32H44O5. The second kappa shape index (κ2) is 16.2. The standard InChI is InChI=1S/C32H44O5/c33-31(34)21-10-7-12-25(13-11-20-30(32(35)36)27-16-5-2-6-17-27)22-23-37-24-28-18-8-9-19-29(28)26-14-3-1-4-15-26/h2,5-6,8-9,16-19,25-26,30H,1,3-4,7,10-15,20-24H2,(H,33,34)(H,35,36). The molecular weight excluding hydrogens is 464 g/mol. The number of ether oxygens (including phenoxy) is 1. The van der Waals surface area contributed by atoms with Crippen molar-refractivity contribution in [3.63, 3.8) is 0 Å². The van der Waals surface area contributed by atoms with Crippen LogP contribution in [0, 0.1) is 5.92 Å². The maximum absolute atomic E-state index is 11.9. The number of carbonyl (C=O) groups is 2. The molecule has 3 rings (SSSR count). The van der Waals surface area contributed by atoms with E-state index in [1.54, 1.807) is 0 Å². The van der Waals surface area contributed by atoms with E-state index in [-0.39, 0.29) is 6.42 Å². The molecule has 2 N–H and O–H groups in total. The van der Waals surface area contributed by atoms with Crippen molar-refractivity contribution in [1.29, 1.82) is 0 Å². The van der Waals surface area contributed by atoms with Gasteiger partial charge >= 0.3 is 11.9 Å². The Kier molecular flexibility index (Phi) is 12.7. The van der Waals surface area contributed by atoms with E-state index >= 15 is 0 Å². The Labute approximate surface area is 222 Å². The number of hydrogen-bond donors (Lipinski definition) is 2. The summed E-state index contributed by atoms with van der Waals surface area (Å²) in [5, 5.41) is 18.7. The lowest BCUT2D eigenvalue weighted by Gasteiger charge is -2.24. The van der Waals surface area contributed by atoms with Crippen LogP contribution in [0.25, 0.3) is 0 Å². The van der Waals surface area contributed by atoms with Crippen molar-refractivity contribution in [3.05, 3.63) is 71.3 Å². The maximum atomic E-state index is 11.9. The van der Waals surface area contributed by atoms with Gasteiger partial charge in [0.2, 0.25) is 0 Å². The van der Waals surface area contributed by atoms with Crippen molar-refractivity contribution < 1.29 is 24.5 Å². The first kappa shape index (κ1) is 28.9. The molecule has 0 heterocycles. The highest BCUT2D eigenvalue weighted by Crippen LogP contribution is 2.34. The van der Waals surface area contributed by atoms with Gasteiger partial charge in [0.1, 0.15) is 0 Å². The van der Waals surface area contributed by atoms with E-state index in [9.17, 15) is 14.7 Å². The molecule has 2 aromatic carbocycles. The van der Waals surface area contributed by atoms with E-state index in [0.717, 1.165) is 37.7 Å². The van der Waals surface area contributed by atoms with Gasteiger partial charge in [0.25, 0.3) is 0 Å². The maximum Gasteiger partial charge on any atom is 0.310 e. The molecule has 1 fully saturated rings. The van der Waals surface area contributed by atoms with Crippen LogP contribution in [-0.2, 0) is 20.9 Å². The molecule has 202 valence electrons. The molecule has 2 atom stereocenters. The summed E-state index contributed by atoms with van der Waals surface area (Å²) in [6.07, 6.45) is 12.5. The fraction of sp³-hybridized carbons (Fsp3) is 0.562. The number of benzene rings is 2. The van der Waals surface area contributed by atoms with Gasteiger partial charge in [-0.05, 0) is 60.6 Å². The van der Waals surface area contributed by atoms with E-state index in [2.05, 4.69) is 24.3 Å². The van der Waals surface area contributed by atoms with Gasteiger partial charge in [-0.25, -0.2) is 0 Å². The normalized spacial score (nSPS) is 15.8. The molecule has 2 aromatic rings. The Morgan fingerprint density at radius 1 is 0.811 bits per heavy atom. The van der Waals surface area contributed by atoms with E-state index in [1.807, 2.05) is 30.3 Å². The number of aliphatic carboxylic acids is 2. The van der Waals surface area contributed by atoms with Crippen molar-refractivity contribution >= 4 is 11.9 Å². The molecule has 37 heavy (non-hydrogen) atoms. The van der Waals surface area contributed by atoms with Gasteiger partial charge < -0.3 is 14.9 Å². The number of carboxylic acids is 2. The molecule has 1 aliphatic carbocycles. The fourth-order valence-electron chi connectivity index (χ4n) is 5.78. The second-order valence-corrected chi connectivity index (χ2v) is 10.6. The lowest BCUT2D eigenvalue weighted by Crippen LogP contribution is -2.13. The summed E-state index contributed by atoms with van der Waals surface area (Å²) in [7, 11) is 0. The number of rotatable bonds is 17. The summed E-state index contributed by atoms with van der Waals surface area (Å²) in [5.41, 5.74) is 3.61.